The van der Waals surface area contributed by atoms with Crippen LogP contribution in [0.5, 0.6) is 5.75 Å². The monoisotopic (exact) mass is 311 g/mol. The Morgan fingerprint density at radius 2 is 2.14 bits per heavy atom. The molecule has 1 atom stereocenters. The first-order valence-corrected chi connectivity index (χ1v) is 8.12. The van der Waals surface area contributed by atoms with Crippen molar-refractivity contribution in [1.29, 1.82) is 0 Å². The van der Waals surface area contributed by atoms with Crippen LogP contribution in [0.2, 0.25) is 0 Å². The van der Waals surface area contributed by atoms with Crippen LogP contribution in [0.25, 0.3) is 0 Å². The first-order chi connectivity index (χ1) is 9.99. The lowest BCUT2D eigenvalue weighted by molar-refractivity contribution is -0.126. The number of hydrogen-bond acceptors (Lipinski definition) is 5. The summed E-state index contributed by atoms with van der Waals surface area (Å²) in [5, 5.41) is 12.2. The normalized spacial score (nSPS) is 17.4. The molecule has 2 N–H and O–H groups in total. The number of rotatable bonds is 4. The number of pyridine rings is 1. The topological polar surface area (TPSA) is 74.6 Å². The van der Waals surface area contributed by atoms with Crippen LogP contribution in [-0.4, -0.2) is 51.1 Å². The number of thioether (sulfide) groups is 1. The summed E-state index contributed by atoms with van der Waals surface area (Å²) < 4.78 is 1.64. The molecule has 2 heterocycles. The number of aromatic hydroxyl groups is 1. The van der Waals surface area contributed by atoms with E-state index in [-0.39, 0.29) is 24.2 Å². The summed E-state index contributed by atoms with van der Waals surface area (Å²) in [5.74, 6) is 1.79. The molecule has 1 fully saturated rings. The molecular formula is C14H21N3O3S. The highest BCUT2D eigenvalue weighted by molar-refractivity contribution is 7.99. The van der Waals surface area contributed by atoms with Crippen LogP contribution < -0.4 is 10.7 Å². The van der Waals surface area contributed by atoms with Gasteiger partial charge in [-0.1, -0.05) is 0 Å². The zero-order chi connectivity index (χ0) is 15.4. The van der Waals surface area contributed by atoms with Gasteiger partial charge in [0.25, 0.3) is 0 Å². The van der Waals surface area contributed by atoms with E-state index in [2.05, 4.69) is 10.2 Å². The van der Waals surface area contributed by atoms with Gasteiger partial charge in [-0.25, -0.2) is 0 Å². The molecule has 1 aliphatic rings. The summed E-state index contributed by atoms with van der Waals surface area (Å²) in [4.78, 5) is 25.8. The molecule has 0 aliphatic carbocycles. The third-order valence-corrected chi connectivity index (χ3v) is 4.68. The Balaban J connectivity index is 1.94. The number of carbonyl (C=O) groups is 1. The van der Waals surface area contributed by atoms with Gasteiger partial charge in [0.15, 0.2) is 5.75 Å². The second-order valence-electron chi connectivity index (χ2n) is 5.17. The molecule has 21 heavy (non-hydrogen) atoms. The molecule has 1 amide bonds. The highest BCUT2D eigenvalue weighted by Gasteiger charge is 2.22. The lowest BCUT2D eigenvalue weighted by Gasteiger charge is -2.31. The predicted octanol–water partition coefficient (Wildman–Crippen LogP) is 0.144. The Hall–Kier alpha value is -1.47. The number of nitrogens with zero attached hydrogens (tertiary/aromatic N) is 2. The molecule has 0 radical (unpaired) electrons. The van der Waals surface area contributed by atoms with E-state index in [1.807, 2.05) is 18.7 Å². The quantitative estimate of drug-likeness (QED) is 0.828. The second-order valence-corrected chi connectivity index (χ2v) is 6.39. The standard InChI is InChI=1S/C14H21N3O3S/c1-10(17-3-5-21-6-4-17)14(20)15-8-11-7-12(18)13(19)9-16(11)2/h7,9-10,19H,3-6,8H2,1-2H3,(H,15,20). The van der Waals surface area contributed by atoms with Crippen molar-refractivity contribution < 1.29 is 9.90 Å². The van der Waals surface area contributed by atoms with Gasteiger partial charge in [0, 0.05) is 49.6 Å². The van der Waals surface area contributed by atoms with Crippen molar-refractivity contribution in [3.05, 3.63) is 28.2 Å². The summed E-state index contributed by atoms with van der Waals surface area (Å²) in [6, 6.07) is 1.18. The van der Waals surface area contributed by atoms with Gasteiger partial charge in [0.1, 0.15) is 0 Å². The number of amides is 1. The van der Waals surface area contributed by atoms with Gasteiger partial charge >= 0.3 is 0 Å². The summed E-state index contributed by atoms with van der Waals surface area (Å²) in [6.45, 7) is 4.03. The van der Waals surface area contributed by atoms with Gasteiger partial charge in [-0.05, 0) is 6.92 Å². The third-order valence-electron chi connectivity index (χ3n) is 3.74. The lowest BCUT2D eigenvalue weighted by Crippen LogP contribution is -2.48. The van der Waals surface area contributed by atoms with Crippen LogP contribution in [0, 0.1) is 0 Å². The van der Waals surface area contributed by atoms with Crippen LogP contribution in [0.4, 0.5) is 0 Å². The molecular weight excluding hydrogens is 290 g/mol. The largest absolute Gasteiger partial charge is 0.503 e. The Morgan fingerprint density at radius 1 is 1.48 bits per heavy atom. The predicted molar refractivity (Wildman–Crippen MR) is 83.6 cm³/mol. The van der Waals surface area contributed by atoms with Crippen molar-refractivity contribution in [1.82, 2.24) is 14.8 Å². The lowest BCUT2D eigenvalue weighted by atomic mass is 10.2. The molecule has 6 nitrogen and oxygen atoms in total. The smallest absolute Gasteiger partial charge is 0.237 e. The number of aromatic nitrogens is 1. The van der Waals surface area contributed by atoms with Crippen molar-refractivity contribution in [2.75, 3.05) is 24.6 Å². The molecule has 0 bridgehead atoms. The van der Waals surface area contributed by atoms with Gasteiger partial charge < -0.3 is 15.0 Å². The zero-order valence-corrected chi connectivity index (χ0v) is 13.2. The fraction of sp³-hybridized carbons (Fsp3) is 0.571. The minimum atomic E-state index is -0.432. The van der Waals surface area contributed by atoms with E-state index >= 15 is 0 Å². The Labute approximate surface area is 128 Å². The molecule has 0 aromatic carbocycles. The number of carbonyl (C=O) groups excluding carboxylic acids is 1. The van der Waals surface area contributed by atoms with Crippen molar-refractivity contribution in [3.8, 4) is 5.75 Å². The van der Waals surface area contributed by atoms with E-state index < -0.39 is 5.43 Å². The van der Waals surface area contributed by atoms with Crippen LogP contribution in [-0.2, 0) is 18.4 Å². The van der Waals surface area contributed by atoms with Gasteiger partial charge in [-0.3, -0.25) is 14.5 Å². The van der Waals surface area contributed by atoms with Gasteiger partial charge in [-0.2, -0.15) is 11.8 Å². The molecule has 116 valence electrons. The maximum atomic E-state index is 12.2. The van der Waals surface area contributed by atoms with Crippen LogP contribution in [0.3, 0.4) is 0 Å². The second kappa shape index (κ2) is 7.00. The summed E-state index contributed by atoms with van der Waals surface area (Å²) >= 11 is 1.91. The Morgan fingerprint density at radius 3 is 2.81 bits per heavy atom. The van der Waals surface area contributed by atoms with E-state index in [4.69, 9.17) is 0 Å². The zero-order valence-electron chi connectivity index (χ0n) is 12.3. The fourth-order valence-corrected chi connectivity index (χ4v) is 3.22. The molecule has 1 aromatic heterocycles. The van der Waals surface area contributed by atoms with Crippen molar-refractivity contribution in [3.63, 3.8) is 0 Å². The molecule has 0 saturated carbocycles. The molecule has 1 aromatic rings. The third kappa shape index (κ3) is 4.01. The SMILES string of the molecule is CC(C(=O)NCc1cc(=O)c(O)cn1C)N1CCSCC1. The average Bonchev–Trinajstić information content (AvgIpc) is 2.49. The van der Waals surface area contributed by atoms with Crippen molar-refractivity contribution >= 4 is 17.7 Å². The Kier molecular flexibility index (Phi) is 5.30. The van der Waals surface area contributed by atoms with Gasteiger partial charge in [0.2, 0.25) is 11.3 Å². The molecule has 0 spiro atoms. The molecule has 1 saturated heterocycles. The van der Waals surface area contributed by atoms with Gasteiger partial charge in [-0.15, -0.1) is 0 Å². The average molecular weight is 311 g/mol. The molecule has 7 heteroatoms. The molecule has 1 aliphatic heterocycles. The van der Waals surface area contributed by atoms with Crippen molar-refractivity contribution in [2.24, 2.45) is 7.05 Å². The van der Waals surface area contributed by atoms with E-state index in [0.29, 0.717) is 5.69 Å². The first kappa shape index (κ1) is 15.9. The first-order valence-electron chi connectivity index (χ1n) is 6.97. The highest BCUT2D eigenvalue weighted by Crippen LogP contribution is 2.12. The van der Waals surface area contributed by atoms with Crippen molar-refractivity contribution in [2.45, 2.75) is 19.5 Å². The summed E-state index contributed by atoms with van der Waals surface area (Å²) in [5.41, 5.74) is 0.228. The number of hydrogen-bond donors (Lipinski definition) is 2. The maximum Gasteiger partial charge on any atom is 0.237 e. The van der Waals surface area contributed by atoms with Crippen LogP contribution in [0.15, 0.2) is 17.1 Å². The van der Waals surface area contributed by atoms with E-state index in [1.54, 1.807) is 11.6 Å². The summed E-state index contributed by atoms with van der Waals surface area (Å²) in [7, 11) is 1.73. The highest BCUT2D eigenvalue weighted by atomic mass is 32.2. The summed E-state index contributed by atoms with van der Waals surface area (Å²) in [6.07, 6.45) is 1.36. The van der Waals surface area contributed by atoms with E-state index in [1.165, 1.54) is 12.3 Å². The van der Waals surface area contributed by atoms with E-state index in [9.17, 15) is 14.7 Å². The van der Waals surface area contributed by atoms with Crippen LogP contribution >= 0.6 is 11.8 Å². The van der Waals surface area contributed by atoms with Crippen LogP contribution in [0.1, 0.15) is 12.6 Å². The Bertz CT molecular complexity index is 567. The molecule has 1 unspecified atom stereocenters. The number of aryl methyl sites for hydroxylation is 1. The number of nitrogens with one attached hydrogen (secondary N) is 1. The minimum Gasteiger partial charge on any atom is -0.503 e. The fourth-order valence-electron chi connectivity index (χ4n) is 2.29. The minimum absolute atomic E-state index is 0.0394. The maximum absolute atomic E-state index is 12.2. The van der Waals surface area contributed by atoms with Gasteiger partial charge in [0.05, 0.1) is 12.6 Å². The van der Waals surface area contributed by atoms with E-state index in [0.717, 1.165) is 24.6 Å². The molecule has 2 rings (SSSR count).